The Hall–Kier alpha value is -2.12. The number of hydrogen-bond acceptors (Lipinski definition) is 4. The second-order valence-electron chi connectivity index (χ2n) is 7.84. The van der Waals surface area contributed by atoms with E-state index in [9.17, 15) is 9.59 Å². The number of hydrogen-bond donors (Lipinski definition) is 2. The van der Waals surface area contributed by atoms with Gasteiger partial charge in [0.25, 0.3) is 0 Å². The Morgan fingerprint density at radius 2 is 1.82 bits per heavy atom. The van der Waals surface area contributed by atoms with Crippen LogP contribution in [0.15, 0.2) is 24.3 Å². The van der Waals surface area contributed by atoms with Crippen LogP contribution in [0.25, 0.3) is 0 Å². The van der Waals surface area contributed by atoms with Crippen LogP contribution in [0, 0.1) is 5.92 Å². The fourth-order valence-electron chi connectivity index (χ4n) is 3.85. The summed E-state index contributed by atoms with van der Waals surface area (Å²) in [6.45, 7) is 9.60. The molecule has 0 bridgehead atoms. The molecule has 0 saturated carbocycles. The number of amides is 3. The highest BCUT2D eigenvalue weighted by Gasteiger charge is 2.24. The first-order valence-electron chi connectivity index (χ1n) is 10.3. The summed E-state index contributed by atoms with van der Waals surface area (Å²) < 4.78 is 5.43. The van der Waals surface area contributed by atoms with E-state index in [2.05, 4.69) is 29.4 Å². The third kappa shape index (κ3) is 5.45. The molecule has 1 aromatic rings. The summed E-state index contributed by atoms with van der Waals surface area (Å²) in [7, 11) is 0. The zero-order valence-electron chi connectivity index (χ0n) is 16.9. The van der Waals surface area contributed by atoms with E-state index >= 15 is 0 Å². The number of nitrogens with zero attached hydrogens (tertiary/aromatic N) is 2. The van der Waals surface area contributed by atoms with E-state index in [1.54, 1.807) is 0 Å². The quantitative estimate of drug-likeness (QED) is 0.749. The van der Waals surface area contributed by atoms with Crippen LogP contribution in [-0.4, -0.2) is 62.3 Å². The van der Waals surface area contributed by atoms with E-state index in [0.29, 0.717) is 31.5 Å². The lowest BCUT2D eigenvalue weighted by molar-refractivity contribution is -0.117. The highest BCUT2D eigenvalue weighted by atomic mass is 16.5. The summed E-state index contributed by atoms with van der Waals surface area (Å²) in [5.41, 5.74) is 1.94. The summed E-state index contributed by atoms with van der Waals surface area (Å²) in [6.07, 6.45) is 1.55. The first-order valence-corrected chi connectivity index (χ1v) is 10.3. The van der Waals surface area contributed by atoms with E-state index in [0.717, 1.165) is 50.5 Å². The van der Waals surface area contributed by atoms with E-state index in [1.165, 1.54) is 0 Å². The lowest BCUT2D eigenvalue weighted by atomic mass is 10.0. The minimum absolute atomic E-state index is 0.155. The second-order valence-corrected chi connectivity index (χ2v) is 7.84. The second kappa shape index (κ2) is 9.89. The fraction of sp³-hybridized carbons (Fsp3) is 0.619. The van der Waals surface area contributed by atoms with Gasteiger partial charge >= 0.3 is 6.03 Å². The number of nitrogens with one attached hydrogen (secondary N) is 2. The molecule has 154 valence electrons. The van der Waals surface area contributed by atoms with Crippen molar-refractivity contribution in [2.75, 3.05) is 44.3 Å². The van der Waals surface area contributed by atoms with Crippen LogP contribution in [0.2, 0.25) is 0 Å². The minimum Gasteiger partial charge on any atom is -0.379 e. The van der Waals surface area contributed by atoms with E-state index in [-0.39, 0.29) is 11.9 Å². The Morgan fingerprint density at radius 1 is 1.11 bits per heavy atom. The SMILES string of the molecule is CC(C)C(CNC(=O)NCc1ccc(N2CCCC2=O)cc1)N1CCOCC1. The number of benzene rings is 1. The number of carbonyl (C=O) groups is 2. The van der Waals surface area contributed by atoms with Gasteiger partial charge in [0.1, 0.15) is 0 Å². The van der Waals surface area contributed by atoms with Crippen LogP contribution in [0.3, 0.4) is 0 Å². The van der Waals surface area contributed by atoms with Crippen LogP contribution in [0.1, 0.15) is 32.3 Å². The summed E-state index contributed by atoms with van der Waals surface area (Å²) in [5.74, 6) is 0.643. The third-order valence-electron chi connectivity index (χ3n) is 5.53. The first-order chi connectivity index (χ1) is 13.5. The molecular formula is C21H32N4O3. The number of carbonyl (C=O) groups excluding carboxylic acids is 2. The molecule has 0 aromatic heterocycles. The zero-order valence-corrected chi connectivity index (χ0v) is 16.9. The Kier molecular flexibility index (Phi) is 7.28. The monoisotopic (exact) mass is 388 g/mol. The molecule has 2 heterocycles. The molecule has 2 saturated heterocycles. The lowest BCUT2D eigenvalue weighted by Gasteiger charge is -2.36. The average Bonchev–Trinajstić information content (AvgIpc) is 3.13. The van der Waals surface area contributed by atoms with Gasteiger partial charge in [0.2, 0.25) is 5.91 Å². The van der Waals surface area contributed by atoms with Gasteiger partial charge in [-0.05, 0) is 30.0 Å². The predicted molar refractivity (Wildman–Crippen MR) is 109 cm³/mol. The average molecular weight is 389 g/mol. The van der Waals surface area contributed by atoms with Crippen LogP contribution in [0.4, 0.5) is 10.5 Å². The molecule has 2 fully saturated rings. The normalized spacial score (nSPS) is 19.1. The summed E-state index contributed by atoms with van der Waals surface area (Å²) in [4.78, 5) is 28.3. The van der Waals surface area contributed by atoms with Gasteiger partial charge in [-0.25, -0.2) is 4.79 Å². The smallest absolute Gasteiger partial charge is 0.315 e. The molecule has 1 atom stereocenters. The molecule has 3 amide bonds. The van der Waals surface area contributed by atoms with Crippen molar-refractivity contribution in [2.45, 2.75) is 39.3 Å². The van der Waals surface area contributed by atoms with Crippen LogP contribution < -0.4 is 15.5 Å². The Labute approximate surface area is 167 Å². The molecule has 28 heavy (non-hydrogen) atoms. The molecule has 0 spiro atoms. The van der Waals surface area contributed by atoms with Crippen molar-refractivity contribution < 1.29 is 14.3 Å². The zero-order chi connectivity index (χ0) is 19.9. The van der Waals surface area contributed by atoms with Gasteiger partial charge in [-0.2, -0.15) is 0 Å². The van der Waals surface area contributed by atoms with Crippen molar-refractivity contribution in [3.63, 3.8) is 0 Å². The molecule has 0 radical (unpaired) electrons. The maximum absolute atomic E-state index is 12.2. The number of rotatable bonds is 7. The Balaban J connectivity index is 1.43. The minimum atomic E-state index is -0.155. The Morgan fingerprint density at radius 3 is 2.43 bits per heavy atom. The highest BCUT2D eigenvalue weighted by molar-refractivity contribution is 5.95. The highest BCUT2D eigenvalue weighted by Crippen LogP contribution is 2.21. The first kappa shape index (κ1) is 20.6. The summed E-state index contributed by atoms with van der Waals surface area (Å²) >= 11 is 0. The van der Waals surface area contributed by atoms with Gasteiger partial charge in [-0.1, -0.05) is 26.0 Å². The maximum atomic E-state index is 12.2. The van der Waals surface area contributed by atoms with Crippen LogP contribution in [-0.2, 0) is 16.1 Å². The van der Waals surface area contributed by atoms with E-state index in [1.807, 2.05) is 29.2 Å². The summed E-state index contributed by atoms with van der Waals surface area (Å²) in [5, 5.41) is 5.93. The van der Waals surface area contributed by atoms with Crippen LogP contribution in [0.5, 0.6) is 0 Å². The lowest BCUT2D eigenvalue weighted by Crippen LogP contribution is -2.52. The van der Waals surface area contributed by atoms with Gasteiger partial charge in [0.15, 0.2) is 0 Å². The number of urea groups is 1. The maximum Gasteiger partial charge on any atom is 0.315 e. The van der Waals surface area contributed by atoms with Crippen molar-refractivity contribution in [1.82, 2.24) is 15.5 Å². The van der Waals surface area contributed by atoms with Crippen molar-refractivity contribution in [3.8, 4) is 0 Å². The molecule has 2 aliphatic rings. The van der Waals surface area contributed by atoms with E-state index < -0.39 is 0 Å². The van der Waals surface area contributed by atoms with Gasteiger partial charge in [0.05, 0.1) is 13.2 Å². The Bertz CT molecular complexity index is 656. The van der Waals surface area contributed by atoms with Gasteiger partial charge in [-0.3, -0.25) is 9.69 Å². The number of ether oxygens (including phenoxy) is 1. The fourth-order valence-corrected chi connectivity index (χ4v) is 3.85. The molecule has 1 unspecified atom stereocenters. The number of morpholine rings is 1. The third-order valence-corrected chi connectivity index (χ3v) is 5.53. The van der Waals surface area contributed by atoms with Gasteiger partial charge < -0.3 is 20.3 Å². The molecule has 2 N–H and O–H groups in total. The van der Waals surface area contributed by atoms with Gasteiger partial charge in [0, 0.05) is 50.9 Å². The largest absolute Gasteiger partial charge is 0.379 e. The van der Waals surface area contributed by atoms with Crippen molar-refractivity contribution in [1.29, 1.82) is 0 Å². The molecule has 7 heteroatoms. The molecule has 3 rings (SSSR count). The van der Waals surface area contributed by atoms with Crippen molar-refractivity contribution in [3.05, 3.63) is 29.8 Å². The summed E-state index contributed by atoms with van der Waals surface area (Å²) in [6, 6.07) is 7.98. The molecule has 1 aromatic carbocycles. The number of anilines is 1. The molecular weight excluding hydrogens is 356 g/mol. The van der Waals surface area contributed by atoms with E-state index in [4.69, 9.17) is 4.74 Å². The predicted octanol–water partition coefficient (Wildman–Crippen LogP) is 1.97. The molecule has 2 aliphatic heterocycles. The molecule has 0 aliphatic carbocycles. The topological polar surface area (TPSA) is 73.9 Å². The van der Waals surface area contributed by atoms with Crippen molar-refractivity contribution in [2.24, 2.45) is 5.92 Å². The van der Waals surface area contributed by atoms with Crippen molar-refractivity contribution >= 4 is 17.6 Å². The van der Waals surface area contributed by atoms with Crippen LogP contribution >= 0.6 is 0 Å². The molecule has 7 nitrogen and oxygen atoms in total. The standard InChI is InChI=1S/C21H32N4O3/c1-16(2)19(24-10-12-28-13-11-24)15-23-21(27)22-14-17-5-7-18(8-6-17)25-9-3-4-20(25)26/h5-8,16,19H,3-4,9-15H2,1-2H3,(H2,22,23,27). The van der Waals surface area contributed by atoms with Gasteiger partial charge in [-0.15, -0.1) is 0 Å².